The van der Waals surface area contributed by atoms with Crippen LogP contribution in [-0.2, 0) is 4.74 Å². The molecule has 2 bridgehead atoms. The summed E-state index contributed by atoms with van der Waals surface area (Å²) in [6.07, 6.45) is 1.86. The lowest BCUT2D eigenvalue weighted by atomic mass is 10.1. The highest BCUT2D eigenvalue weighted by atomic mass is 32.2. The summed E-state index contributed by atoms with van der Waals surface area (Å²) >= 11 is 2.49. The first-order chi connectivity index (χ1) is 17.5. The van der Waals surface area contributed by atoms with Gasteiger partial charge in [-0.2, -0.15) is 9.97 Å². The van der Waals surface area contributed by atoms with Crippen molar-refractivity contribution in [3.05, 3.63) is 29.2 Å². The fourth-order valence-corrected chi connectivity index (χ4v) is 7.18. The molecule has 13 heteroatoms. The van der Waals surface area contributed by atoms with Gasteiger partial charge in [0, 0.05) is 24.7 Å². The molecule has 2 aromatic heterocycles. The van der Waals surface area contributed by atoms with Crippen LogP contribution in [0.15, 0.2) is 17.0 Å². The molecule has 3 aliphatic heterocycles. The van der Waals surface area contributed by atoms with Crippen molar-refractivity contribution < 1.29 is 18.3 Å². The van der Waals surface area contributed by atoms with Gasteiger partial charge in [0.1, 0.15) is 16.4 Å². The molecule has 3 aromatic rings. The van der Waals surface area contributed by atoms with Gasteiger partial charge in [-0.3, -0.25) is 0 Å². The third kappa shape index (κ3) is 3.44. The fourth-order valence-electron chi connectivity index (χ4n) is 5.13. The molecule has 0 radical (unpaired) electrons. The zero-order chi connectivity index (χ0) is 24.6. The summed E-state index contributed by atoms with van der Waals surface area (Å²) in [6.45, 7) is 2.61. The van der Waals surface area contributed by atoms with Crippen molar-refractivity contribution in [2.45, 2.75) is 35.9 Å². The Morgan fingerprint density at radius 1 is 1.11 bits per heavy atom. The maximum absolute atomic E-state index is 16.6. The number of nitrogen functional groups attached to an aromatic ring is 1. The number of aromatic nitrogens is 3. The van der Waals surface area contributed by atoms with Crippen LogP contribution in [0.4, 0.5) is 19.7 Å². The molecular weight excluding hydrogens is 508 g/mol. The van der Waals surface area contributed by atoms with Crippen LogP contribution in [0.25, 0.3) is 21.7 Å². The second-order valence-corrected chi connectivity index (χ2v) is 11.3. The highest BCUT2D eigenvalue weighted by Gasteiger charge is 2.44. The molecule has 1 aliphatic carbocycles. The zero-order valence-corrected chi connectivity index (χ0v) is 21.0. The summed E-state index contributed by atoms with van der Waals surface area (Å²) < 4.78 is 44.7. The van der Waals surface area contributed by atoms with E-state index < -0.39 is 11.6 Å². The molecule has 188 valence electrons. The summed E-state index contributed by atoms with van der Waals surface area (Å²) in [6, 6.07) is 3.29. The number of rotatable bonds is 4. The number of nitrogens with zero attached hydrogens (tertiary/aromatic N) is 5. The van der Waals surface area contributed by atoms with Crippen LogP contribution in [0, 0.1) is 5.82 Å². The number of piperazine rings is 1. The van der Waals surface area contributed by atoms with Crippen LogP contribution < -0.4 is 20.7 Å². The number of benzene rings is 1. The topological polar surface area (TPSA) is 102 Å². The van der Waals surface area contributed by atoms with Gasteiger partial charge in [0.15, 0.2) is 16.8 Å². The van der Waals surface area contributed by atoms with Crippen molar-refractivity contribution in [2.24, 2.45) is 0 Å². The zero-order valence-electron chi connectivity index (χ0n) is 19.3. The molecule has 2 unspecified atom stereocenters. The monoisotopic (exact) mass is 531 g/mol. The van der Waals surface area contributed by atoms with E-state index in [-0.39, 0.29) is 35.0 Å². The molecule has 0 spiro atoms. The number of ether oxygens (including phenoxy) is 2. The largest absolute Gasteiger partial charge is 0.467 e. The average molecular weight is 532 g/mol. The first kappa shape index (κ1) is 22.5. The summed E-state index contributed by atoms with van der Waals surface area (Å²) in [4.78, 5) is 16.4. The Labute approximate surface area is 213 Å². The number of anilines is 2. The van der Waals surface area contributed by atoms with E-state index in [0.29, 0.717) is 45.4 Å². The van der Waals surface area contributed by atoms with Crippen LogP contribution in [0.1, 0.15) is 24.1 Å². The van der Waals surface area contributed by atoms with Crippen LogP contribution in [0.2, 0.25) is 0 Å². The molecule has 4 aliphatic rings. The standard InChI is InChI=1S/C23H23F2N7O2S2/c1-33-23-29-17-15(25)18(13-4-5-14(24)19-16(13)28-22(26)35-19)32(10-2-3-10)36-20(17)21(30-23)31-11-6-27-7-12(31)9-34-8-11/h4-5,10-12,27H,2-3,6-9H2,1H3,(H2,26,28). The van der Waals surface area contributed by atoms with E-state index in [0.717, 1.165) is 37.3 Å². The quantitative estimate of drug-likeness (QED) is 0.488. The van der Waals surface area contributed by atoms with E-state index in [1.54, 1.807) is 6.07 Å². The number of nitrogens with two attached hydrogens (primary N) is 1. The van der Waals surface area contributed by atoms with Gasteiger partial charge < -0.3 is 29.7 Å². The number of thiazole rings is 1. The van der Waals surface area contributed by atoms with Gasteiger partial charge in [-0.1, -0.05) is 11.3 Å². The Morgan fingerprint density at radius 3 is 2.61 bits per heavy atom. The molecule has 2 saturated heterocycles. The second kappa shape index (κ2) is 8.40. The molecule has 0 amide bonds. The van der Waals surface area contributed by atoms with Crippen molar-refractivity contribution >= 4 is 56.0 Å². The fraction of sp³-hybridized carbons (Fsp3) is 0.435. The van der Waals surface area contributed by atoms with Crippen molar-refractivity contribution in [3.63, 3.8) is 0 Å². The third-order valence-corrected chi connectivity index (χ3v) is 9.02. The minimum atomic E-state index is -0.506. The number of hydrogen-bond donors (Lipinski definition) is 2. The van der Waals surface area contributed by atoms with Gasteiger partial charge in [0.25, 0.3) is 0 Å². The summed E-state index contributed by atoms with van der Waals surface area (Å²) in [5.41, 5.74) is 7.27. The third-order valence-electron chi connectivity index (χ3n) is 6.89. The van der Waals surface area contributed by atoms with Gasteiger partial charge in [-0.05, 0) is 36.9 Å². The highest BCUT2D eigenvalue weighted by molar-refractivity contribution is 7.97. The lowest BCUT2D eigenvalue weighted by molar-refractivity contribution is 0.0518. The summed E-state index contributed by atoms with van der Waals surface area (Å²) in [5.74, 6) is -0.276. The highest BCUT2D eigenvalue weighted by Crippen LogP contribution is 2.54. The molecule has 3 fully saturated rings. The van der Waals surface area contributed by atoms with E-state index in [9.17, 15) is 4.39 Å². The minimum Gasteiger partial charge on any atom is -0.467 e. The molecule has 1 aromatic carbocycles. The predicted molar refractivity (Wildman–Crippen MR) is 135 cm³/mol. The van der Waals surface area contributed by atoms with E-state index in [1.807, 2.05) is 4.31 Å². The van der Waals surface area contributed by atoms with Crippen LogP contribution in [-0.4, -0.2) is 70.8 Å². The van der Waals surface area contributed by atoms with Gasteiger partial charge in [-0.25, -0.2) is 13.8 Å². The van der Waals surface area contributed by atoms with Crippen molar-refractivity contribution in [2.75, 3.05) is 44.0 Å². The summed E-state index contributed by atoms with van der Waals surface area (Å²) in [5, 5.41) is 3.68. The number of methoxy groups -OCH3 is 1. The Kier molecular flexibility index (Phi) is 5.24. The van der Waals surface area contributed by atoms with Crippen LogP contribution in [0.5, 0.6) is 6.01 Å². The number of nitrogens with one attached hydrogen (secondary N) is 1. The van der Waals surface area contributed by atoms with Crippen LogP contribution >= 0.6 is 23.3 Å². The number of halogens is 2. The van der Waals surface area contributed by atoms with Crippen LogP contribution in [0.3, 0.4) is 0 Å². The predicted octanol–water partition coefficient (Wildman–Crippen LogP) is 3.27. The van der Waals surface area contributed by atoms with E-state index in [2.05, 4.69) is 20.2 Å². The minimum absolute atomic E-state index is 0.0688. The average Bonchev–Trinajstić information content (AvgIpc) is 3.64. The molecule has 36 heavy (non-hydrogen) atoms. The normalized spacial score (nSPS) is 23.9. The molecule has 1 saturated carbocycles. The van der Waals surface area contributed by atoms with E-state index in [4.69, 9.17) is 20.2 Å². The number of hydrogen-bond acceptors (Lipinski definition) is 11. The van der Waals surface area contributed by atoms with E-state index in [1.165, 1.54) is 25.1 Å². The smallest absolute Gasteiger partial charge is 0.318 e. The molecule has 5 heterocycles. The Hall–Kier alpha value is -2.74. The Morgan fingerprint density at radius 2 is 1.89 bits per heavy atom. The number of fused-ring (bicyclic) bond motifs is 4. The lowest BCUT2D eigenvalue weighted by Gasteiger charge is -2.47. The van der Waals surface area contributed by atoms with Gasteiger partial charge >= 0.3 is 6.01 Å². The van der Waals surface area contributed by atoms with Crippen molar-refractivity contribution in [3.8, 4) is 6.01 Å². The maximum Gasteiger partial charge on any atom is 0.318 e. The summed E-state index contributed by atoms with van der Waals surface area (Å²) in [7, 11) is 1.48. The molecule has 9 nitrogen and oxygen atoms in total. The lowest BCUT2D eigenvalue weighted by Crippen LogP contribution is -2.64. The molecule has 7 rings (SSSR count). The first-order valence-electron chi connectivity index (χ1n) is 11.8. The van der Waals surface area contributed by atoms with Crippen molar-refractivity contribution in [1.82, 2.24) is 24.6 Å². The van der Waals surface area contributed by atoms with E-state index >= 15 is 4.39 Å². The van der Waals surface area contributed by atoms with Crippen molar-refractivity contribution in [1.29, 1.82) is 0 Å². The van der Waals surface area contributed by atoms with Gasteiger partial charge in [0.2, 0.25) is 0 Å². The maximum atomic E-state index is 16.6. The molecular formula is C23H23F2N7O2S2. The molecule has 2 atom stereocenters. The Balaban J connectivity index is 1.45. The second-order valence-electron chi connectivity index (χ2n) is 9.26. The first-order valence-corrected chi connectivity index (χ1v) is 13.4. The number of morpholine rings is 1. The SMILES string of the molecule is COc1nc2c(c(N3C4CNCC3COC4)n1)SN(C1CC1)C(c1ccc(F)c3sc(N)nc13)=C2F. The molecule has 3 N–H and O–H groups in total. The van der Waals surface area contributed by atoms with Gasteiger partial charge in [-0.15, -0.1) is 0 Å². The Bertz CT molecular complexity index is 1390. The van der Waals surface area contributed by atoms with Gasteiger partial charge in [0.05, 0.1) is 48.3 Å².